The van der Waals surface area contributed by atoms with Gasteiger partial charge in [0.2, 0.25) is 0 Å². The molecule has 0 fully saturated rings. The quantitative estimate of drug-likeness (QED) is 0.642. The molecule has 1 heterocycles. The molecule has 3 rings (SSSR count). The number of phenols is 1. The van der Waals surface area contributed by atoms with Gasteiger partial charge in [0.25, 0.3) is 0 Å². The number of hydrogen-bond acceptors (Lipinski definition) is 4. The van der Waals surface area contributed by atoms with Crippen molar-refractivity contribution in [2.24, 2.45) is 0 Å². The molecule has 0 unspecified atom stereocenters. The molecule has 0 amide bonds. The van der Waals surface area contributed by atoms with Crippen molar-refractivity contribution in [1.82, 2.24) is 5.16 Å². The van der Waals surface area contributed by atoms with Gasteiger partial charge in [-0.2, -0.15) is 0 Å². The van der Waals surface area contributed by atoms with Crippen LogP contribution >= 0.6 is 0 Å². The Hall–Kier alpha value is -2.49. The molecule has 2 aromatic rings. The van der Waals surface area contributed by atoms with E-state index in [2.05, 4.69) is 31.2 Å². The number of allylic oxidation sites excluding steroid dienone is 4. The van der Waals surface area contributed by atoms with Crippen molar-refractivity contribution in [1.29, 1.82) is 0 Å². The largest absolute Gasteiger partial charge is 0.507 e. The number of rotatable bonds is 4. The lowest BCUT2D eigenvalue weighted by atomic mass is 9.92. The predicted molar refractivity (Wildman–Crippen MR) is 113 cm³/mol. The second-order valence-electron chi connectivity index (χ2n) is 5.82. The number of aromatic nitrogens is 1. The molecule has 0 atom stereocenters. The lowest BCUT2D eigenvalue weighted by Crippen LogP contribution is -1.95. The SMILES string of the molecule is CC.CC.CCc1cc(-c2nocc2C2=CC=C(C)CC2)c(O)cc1OC. The first kappa shape index (κ1) is 22.6. The summed E-state index contributed by atoms with van der Waals surface area (Å²) in [5.41, 5.74) is 5.88. The number of ether oxygens (including phenoxy) is 1. The first-order chi connectivity index (χ1) is 13.1. The molecule has 1 aromatic heterocycles. The highest BCUT2D eigenvalue weighted by Gasteiger charge is 2.20. The normalized spacial score (nSPS) is 12.7. The molecule has 1 aliphatic carbocycles. The summed E-state index contributed by atoms with van der Waals surface area (Å²) >= 11 is 0. The monoisotopic (exact) mass is 371 g/mol. The van der Waals surface area contributed by atoms with Crippen molar-refractivity contribution in [3.63, 3.8) is 0 Å². The van der Waals surface area contributed by atoms with Crippen LogP contribution < -0.4 is 4.74 Å². The fraction of sp³-hybridized carbons (Fsp3) is 0.435. The molecule has 4 nitrogen and oxygen atoms in total. The van der Waals surface area contributed by atoms with Gasteiger partial charge in [0.1, 0.15) is 23.5 Å². The molecule has 27 heavy (non-hydrogen) atoms. The second-order valence-corrected chi connectivity index (χ2v) is 5.82. The van der Waals surface area contributed by atoms with E-state index in [1.807, 2.05) is 33.8 Å². The van der Waals surface area contributed by atoms with E-state index in [1.54, 1.807) is 19.4 Å². The van der Waals surface area contributed by atoms with Crippen molar-refractivity contribution in [2.75, 3.05) is 7.11 Å². The van der Waals surface area contributed by atoms with Gasteiger partial charge in [0.05, 0.1) is 7.11 Å². The average Bonchev–Trinajstić information content (AvgIpc) is 3.20. The minimum absolute atomic E-state index is 0.150. The van der Waals surface area contributed by atoms with Gasteiger partial charge < -0.3 is 14.4 Å². The zero-order valence-electron chi connectivity index (χ0n) is 17.7. The summed E-state index contributed by atoms with van der Waals surface area (Å²) in [6.07, 6.45) is 8.69. The molecule has 1 N–H and O–H groups in total. The average molecular weight is 372 g/mol. The Bertz CT molecular complexity index is 785. The van der Waals surface area contributed by atoms with Gasteiger partial charge in [-0.1, -0.05) is 57.5 Å². The highest BCUT2D eigenvalue weighted by Crippen LogP contribution is 2.39. The smallest absolute Gasteiger partial charge is 0.131 e. The van der Waals surface area contributed by atoms with E-state index >= 15 is 0 Å². The summed E-state index contributed by atoms with van der Waals surface area (Å²) in [5.74, 6) is 0.839. The first-order valence-electron chi connectivity index (χ1n) is 9.85. The third kappa shape index (κ3) is 5.25. The minimum Gasteiger partial charge on any atom is -0.507 e. The molecule has 148 valence electrons. The van der Waals surface area contributed by atoms with Crippen molar-refractivity contribution >= 4 is 5.57 Å². The van der Waals surface area contributed by atoms with E-state index in [0.29, 0.717) is 17.0 Å². The molecular formula is C23H33NO3. The van der Waals surface area contributed by atoms with Crippen molar-refractivity contribution < 1.29 is 14.4 Å². The Morgan fingerprint density at radius 2 is 1.78 bits per heavy atom. The molecule has 0 aliphatic heterocycles. The van der Waals surface area contributed by atoms with E-state index in [4.69, 9.17) is 9.26 Å². The van der Waals surface area contributed by atoms with Gasteiger partial charge >= 0.3 is 0 Å². The summed E-state index contributed by atoms with van der Waals surface area (Å²) in [6.45, 7) is 12.2. The Balaban J connectivity index is 0.000000855. The molecular weight excluding hydrogens is 338 g/mol. The van der Waals surface area contributed by atoms with Crippen molar-refractivity contribution in [3.8, 4) is 22.8 Å². The summed E-state index contributed by atoms with van der Waals surface area (Å²) in [5, 5.41) is 14.5. The predicted octanol–water partition coefficient (Wildman–Crippen LogP) is 6.79. The van der Waals surface area contributed by atoms with Crippen LogP contribution in [-0.2, 0) is 6.42 Å². The van der Waals surface area contributed by atoms with E-state index in [-0.39, 0.29) is 5.75 Å². The van der Waals surface area contributed by atoms with Crippen LogP contribution in [0.1, 0.15) is 65.5 Å². The second kappa shape index (κ2) is 11.3. The standard InChI is InChI=1S/C19H21NO3.2C2H6/c1-4-13-9-15(17(21)10-18(13)22-3)19-16(11-23-20-19)14-7-5-12(2)6-8-14;2*1-2/h5,7,9-11,21H,4,6,8H2,1-3H3;2*1-2H3. The molecule has 0 bridgehead atoms. The first-order valence-corrected chi connectivity index (χ1v) is 9.85. The number of nitrogens with zero attached hydrogens (tertiary/aromatic N) is 1. The van der Waals surface area contributed by atoms with E-state index < -0.39 is 0 Å². The Morgan fingerprint density at radius 1 is 1.07 bits per heavy atom. The lowest BCUT2D eigenvalue weighted by molar-refractivity contribution is 0.403. The summed E-state index contributed by atoms with van der Waals surface area (Å²) in [6, 6.07) is 3.58. The number of aryl methyl sites for hydroxylation is 1. The van der Waals surface area contributed by atoms with E-state index in [0.717, 1.165) is 30.4 Å². The Morgan fingerprint density at radius 3 is 2.33 bits per heavy atom. The van der Waals surface area contributed by atoms with Crippen LogP contribution in [0.5, 0.6) is 11.5 Å². The summed E-state index contributed by atoms with van der Waals surface area (Å²) in [7, 11) is 1.61. The summed E-state index contributed by atoms with van der Waals surface area (Å²) < 4.78 is 10.5. The maximum atomic E-state index is 10.4. The number of methoxy groups -OCH3 is 1. The highest BCUT2D eigenvalue weighted by atomic mass is 16.5. The van der Waals surface area contributed by atoms with Crippen molar-refractivity contribution in [3.05, 3.63) is 47.2 Å². The third-order valence-electron chi connectivity index (χ3n) is 4.31. The number of phenolic OH excluding ortho intramolecular Hbond substituents is 1. The molecule has 0 saturated carbocycles. The van der Waals surface area contributed by atoms with Crippen LogP contribution in [0.2, 0.25) is 0 Å². The molecule has 0 saturated heterocycles. The molecule has 4 heteroatoms. The van der Waals surface area contributed by atoms with Crippen LogP contribution in [0.25, 0.3) is 16.8 Å². The lowest BCUT2D eigenvalue weighted by Gasteiger charge is -2.14. The molecule has 0 spiro atoms. The third-order valence-corrected chi connectivity index (χ3v) is 4.31. The zero-order valence-corrected chi connectivity index (χ0v) is 17.7. The Labute approximate surface area is 163 Å². The highest BCUT2D eigenvalue weighted by molar-refractivity contribution is 5.82. The van der Waals surface area contributed by atoms with Gasteiger partial charge in [0, 0.05) is 17.2 Å². The number of aromatic hydroxyl groups is 1. The summed E-state index contributed by atoms with van der Waals surface area (Å²) in [4.78, 5) is 0. The van der Waals surface area contributed by atoms with Crippen molar-refractivity contribution in [2.45, 2.75) is 60.8 Å². The van der Waals surface area contributed by atoms with Crippen LogP contribution in [0.15, 0.2) is 40.6 Å². The fourth-order valence-corrected chi connectivity index (χ4v) is 2.89. The maximum absolute atomic E-state index is 10.4. The van der Waals surface area contributed by atoms with Gasteiger partial charge in [-0.15, -0.1) is 0 Å². The van der Waals surface area contributed by atoms with Crippen LogP contribution in [0, 0.1) is 0 Å². The van der Waals surface area contributed by atoms with E-state index in [9.17, 15) is 5.11 Å². The van der Waals surface area contributed by atoms with Gasteiger partial charge in [-0.25, -0.2) is 0 Å². The fourth-order valence-electron chi connectivity index (χ4n) is 2.89. The molecule has 0 radical (unpaired) electrons. The number of hydrogen-bond donors (Lipinski definition) is 1. The topological polar surface area (TPSA) is 55.5 Å². The van der Waals surface area contributed by atoms with E-state index in [1.165, 1.54) is 11.1 Å². The van der Waals surface area contributed by atoms with Crippen LogP contribution in [-0.4, -0.2) is 17.4 Å². The maximum Gasteiger partial charge on any atom is 0.131 e. The van der Waals surface area contributed by atoms with Gasteiger partial charge in [-0.3, -0.25) is 0 Å². The molecule has 1 aromatic carbocycles. The van der Waals surface area contributed by atoms with Gasteiger partial charge in [-0.05, 0) is 43.4 Å². The molecule has 1 aliphatic rings. The number of benzene rings is 1. The zero-order chi connectivity index (χ0) is 20.4. The van der Waals surface area contributed by atoms with Crippen LogP contribution in [0.4, 0.5) is 0 Å². The minimum atomic E-state index is 0.150. The Kier molecular flexibility index (Phi) is 9.41. The van der Waals surface area contributed by atoms with Crippen LogP contribution in [0.3, 0.4) is 0 Å². The van der Waals surface area contributed by atoms with Gasteiger partial charge in [0.15, 0.2) is 0 Å².